The second kappa shape index (κ2) is 18.9. The van der Waals surface area contributed by atoms with Crippen LogP contribution >= 0.6 is 11.3 Å². The molecule has 0 bridgehead atoms. The zero-order valence-electron chi connectivity index (χ0n) is 34.7. The largest absolute Gasteiger partial charge is 0.361 e. The number of fused-ring (bicyclic) bond motifs is 2. The number of piperidine rings is 2. The van der Waals surface area contributed by atoms with Gasteiger partial charge >= 0.3 is 0 Å². The van der Waals surface area contributed by atoms with Crippen LogP contribution in [0.2, 0.25) is 0 Å². The summed E-state index contributed by atoms with van der Waals surface area (Å²) in [5.74, 6) is -2.02. The highest BCUT2D eigenvalue weighted by molar-refractivity contribution is 7.17. The second-order valence-corrected chi connectivity index (χ2v) is 18.2. The highest BCUT2D eigenvalue weighted by Gasteiger charge is 2.46. The molecule has 7 rings (SSSR count). The Hall–Kier alpha value is -5.37. The Bertz CT molecular complexity index is 2300. The van der Waals surface area contributed by atoms with E-state index in [4.69, 9.17) is 0 Å². The van der Waals surface area contributed by atoms with E-state index in [0.29, 0.717) is 38.8 Å². The van der Waals surface area contributed by atoms with Crippen molar-refractivity contribution in [2.75, 3.05) is 26.2 Å². The van der Waals surface area contributed by atoms with Gasteiger partial charge in [0, 0.05) is 52.4 Å². The molecule has 4 amide bonds. The summed E-state index contributed by atoms with van der Waals surface area (Å²) < 4.78 is 1.08. The molecule has 5 aromatic rings. The van der Waals surface area contributed by atoms with Crippen molar-refractivity contribution < 1.29 is 24.0 Å². The van der Waals surface area contributed by atoms with Crippen LogP contribution < -0.4 is 31.9 Å². The van der Waals surface area contributed by atoms with Crippen LogP contribution in [0, 0.1) is 11.3 Å². The van der Waals surface area contributed by atoms with Crippen molar-refractivity contribution in [1.82, 2.24) is 36.9 Å². The standard InChI is InChI=1S/C47H57N7O5S/c1-46(2,3)45(59)47(19-23-49-24-20-47)54-44(58)37(25-30-11-5-4-6-12-30)52-42(56)38(26-32-28-50-36-15-9-7-13-34(32)36)53-43(57)39(51-41(55)31-17-21-48-22-18-31)27-33-29-60-40-16-10-8-14-35(33)40/h4-16,28-29,31,37-39,48-50H,17-27H2,1-3H3,(H,51,55)(H,52,56)(H,53,57)(H,54,58)/t37-,38+,39+/m0/s1. The van der Waals surface area contributed by atoms with Crippen LogP contribution in [0.3, 0.4) is 0 Å². The summed E-state index contributed by atoms with van der Waals surface area (Å²) in [7, 11) is 0. The molecular weight excluding hydrogens is 775 g/mol. The quantitative estimate of drug-likeness (QED) is 0.0800. The maximum absolute atomic E-state index is 14.8. The molecule has 12 nitrogen and oxygen atoms in total. The maximum atomic E-state index is 14.8. The number of benzene rings is 3. The lowest BCUT2D eigenvalue weighted by molar-refractivity contribution is -0.140. The van der Waals surface area contributed by atoms with Crippen LogP contribution in [0.4, 0.5) is 0 Å². The van der Waals surface area contributed by atoms with Crippen molar-refractivity contribution in [3.05, 3.63) is 107 Å². The molecular formula is C47H57N7O5S. The van der Waals surface area contributed by atoms with Gasteiger partial charge in [-0.25, -0.2) is 0 Å². The molecule has 316 valence electrons. The lowest BCUT2D eigenvalue weighted by Gasteiger charge is -2.41. The number of amides is 4. The topological polar surface area (TPSA) is 173 Å². The fourth-order valence-electron chi connectivity index (χ4n) is 8.63. The molecule has 0 unspecified atom stereocenters. The summed E-state index contributed by atoms with van der Waals surface area (Å²) in [4.78, 5) is 75.1. The highest BCUT2D eigenvalue weighted by atomic mass is 32.1. The van der Waals surface area contributed by atoms with Gasteiger partial charge in [0.2, 0.25) is 23.6 Å². The van der Waals surface area contributed by atoms with Crippen LogP contribution in [0.5, 0.6) is 0 Å². The first kappa shape index (κ1) is 42.7. The monoisotopic (exact) mass is 831 g/mol. The van der Waals surface area contributed by atoms with Gasteiger partial charge in [-0.2, -0.15) is 0 Å². The summed E-state index contributed by atoms with van der Waals surface area (Å²) in [6.07, 6.45) is 4.49. The van der Waals surface area contributed by atoms with Crippen molar-refractivity contribution >= 4 is 61.7 Å². The number of carbonyl (C=O) groups is 5. The Balaban J connectivity index is 1.20. The minimum atomic E-state index is -1.13. The molecule has 2 fully saturated rings. The molecule has 0 spiro atoms. The number of thiophene rings is 1. The van der Waals surface area contributed by atoms with Crippen LogP contribution in [0.15, 0.2) is 90.4 Å². The van der Waals surface area contributed by atoms with E-state index < -0.39 is 46.8 Å². The number of rotatable bonds is 15. The molecule has 2 aliphatic rings. The molecule has 0 saturated carbocycles. The van der Waals surface area contributed by atoms with Crippen LogP contribution in [0.25, 0.3) is 21.0 Å². The first-order valence-corrected chi connectivity index (χ1v) is 22.0. The zero-order chi connectivity index (χ0) is 42.3. The number of hydrogen-bond acceptors (Lipinski definition) is 8. The molecule has 4 heterocycles. The summed E-state index contributed by atoms with van der Waals surface area (Å²) in [6.45, 7) is 8.13. The average molecular weight is 832 g/mol. The normalized spacial score (nSPS) is 17.3. The molecule has 13 heteroatoms. The van der Waals surface area contributed by atoms with E-state index >= 15 is 0 Å². The predicted molar refractivity (Wildman–Crippen MR) is 237 cm³/mol. The molecule has 2 aromatic heterocycles. The number of H-pyrrole nitrogens is 1. The predicted octanol–water partition coefficient (Wildman–Crippen LogP) is 4.72. The van der Waals surface area contributed by atoms with Gasteiger partial charge < -0.3 is 36.9 Å². The van der Waals surface area contributed by atoms with Gasteiger partial charge in [0.15, 0.2) is 5.78 Å². The van der Waals surface area contributed by atoms with E-state index in [-0.39, 0.29) is 36.9 Å². The Morgan fingerprint density at radius 2 is 1.27 bits per heavy atom. The fraction of sp³-hybridized carbons (Fsp3) is 0.426. The number of nitrogens with one attached hydrogen (secondary N) is 7. The molecule has 0 aliphatic carbocycles. The molecule has 2 aliphatic heterocycles. The second-order valence-electron chi connectivity index (χ2n) is 17.3. The fourth-order valence-corrected chi connectivity index (χ4v) is 9.61. The van der Waals surface area contributed by atoms with Crippen molar-refractivity contribution in [3.63, 3.8) is 0 Å². The van der Waals surface area contributed by atoms with Crippen LogP contribution in [0.1, 0.15) is 63.1 Å². The Kier molecular flexibility index (Phi) is 13.5. The van der Waals surface area contributed by atoms with E-state index in [1.54, 1.807) is 11.3 Å². The summed E-state index contributed by atoms with van der Waals surface area (Å²) >= 11 is 1.58. The van der Waals surface area contributed by atoms with Gasteiger partial charge in [0.1, 0.15) is 23.7 Å². The molecule has 3 atom stereocenters. The SMILES string of the molecule is CC(C)(C)C(=O)C1(NC(=O)[C@H](Cc2ccccc2)NC(=O)[C@@H](Cc2c[nH]c3ccccc23)NC(=O)[C@@H](Cc2csc3ccccc23)NC(=O)C2CCNCC2)CCNCC1. The third-order valence-corrected chi connectivity index (χ3v) is 12.9. The number of aromatic amines is 1. The molecule has 60 heavy (non-hydrogen) atoms. The van der Waals surface area contributed by atoms with E-state index in [2.05, 4.69) is 36.9 Å². The van der Waals surface area contributed by atoms with E-state index in [1.165, 1.54) is 0 Å². The van der Waals surface area contributed by atoms with Crippen LogP contribution in [-0.2, 0) is 43.2 Å². The van der Waals surface area contributed by atoms with Crippen molar-refractivity contribution in [1.29, 1.82) is 0 Å². The van der Waals surface area contributed by atoms with Crippen molar-refractivity contribution in [3.8, 4) is 0 Å². The number of carbonyl (C=O) groups excluding carboxylic acids is 5. The molecule has 2 saturated heterocycles. The van der Waals surface area contributed by atoms with Crippen LogP contribution in [-0.4, -0.2) is 84.2 Å². The minimum Gasteiger partial charge on any atom is -0.361 e. The molecule has 7 N–H and O–H groups in total. The summed E-state index contributed by atoms with van der Waals surface area (Å²) in [6, 6.07) is 21.9. The molecule has 0 radical (unpaired) electrons. The first-order valence-electron chi connectivity index (χ1n) is 21.1. The van der Waals surface area contributed by atoms with E-state index in [1.807, 2.05) is 111 Å². The van der Waals surface area contributed by atoms with Crippen molar-refractivity contribution in [2.24, 2.45) is 11.3 Å². The first-order chi connectivity index (χ1) is 28.9. The number of para-hydroxylation sites is 1. The number of Topliss-reactive ketones (excluding diaryl/α,β-unsaturated/α-hetero) is 1. The minimum absolute atomic E-state index is 0.0601. The van der Waals surface area contributed by atoms with E-state index in [9.17, 15) is 24.0 Å². The van der Waals surface area contributed by atoms with Gasteiger partial charge in [-0.1, -0.05) is 87.5 Å². The lowest BCUT2D eigenvalue weighted by atomic mass is 9.73. The Morgan fingerprint density at radius 1 is 0.683 bits per heavy atom. The van der Waals surface area contributed by atoms with Crippen molar-refractivity contribution in [2.45, 2.75) is 89.4 Å². The smallest absolute Gasteiger partial charge is 0.243 e. The van der Waals surface area contributed by atoms with E-state index in [0.717, 1.165) is 50.8 Å². The Morgan fingerprint density at radius 3 is 1.97 bits per heavy atom. The van der Waals surface area contributed by atoms with Gasteiger partial charge in [-0.3, -0.25) is 24.0 Å². The summed E-state index contributed by atoms with van der Waals surface area (Å²) in [5.41, 5.74) is 1.61. The molecule has 3 aromatic carbocycles. The van der Waals surface area contributed by atoms with Gasteiger partial charge in [0.25, 0.3) is 0 Å². The summed E-state index contributed by atoms with van der Waals surface area (Å²) in [5, 5.41) is 22.8. The lowest BCUT2D eigenvalue weighted by Crippen LogP contribution is -2.65. The maximum Gasteiger partial charge on any atom is 0.243 e. The Labute approximate surface area is 355 Å². The van der Waals surface area contributed by atoms with Gasteiger partial charge in [-0.15, -0.1) is 11.3 Å². The third-order valence-electron chi connectivity index (χ3n) is 11.9. The average Bonchev–Trinajstić information content (AvgIpc) is 3.87. The highest BCUT2D eigenvalue weighted by Crippen LogP contribution is 2.31. The van der Waals surface area contributed by atoms with Gasteiger partial charge in [0.05, 0.1) is 0 Å². The number of hydrogen-bond donors (Lipinski definition) is 7. The zero-order valence-corrected chi connectivity index (χ0v) is 35.5. The van der Waals surface area contributed by atoms with Gasteiger partial charge in [-0.05, 0) is 91.5 Å². The number of ketones is 1. The third kappa shape index (κ3) is 10.1. The number of aromatic nitrogens is 1.